The fourth-order valence-corrected chi connectivity index (χ4v) is 3.22. The first-order chi connectivity index (χ1) is 11.5. The Kier molecular flexibility index (Phi) is 3.46. The van der Waals surface area contributed by atoms with Gasteiger partial charge in [-0.15, -0.1) is 0 Å². The molecule has 5 heteroatoms. The number of ketones is 1. The van der Waals surface area contributed by atoms with Crippen LogP contribution in [0.4, 0.5) is 0 Å². The number of hydrogen-bond acceptors (Lipinski definition) is 5. The second kappa shape index (κ2) is 5.53. The predicted octanol–water partition coefficient (Wildman–Crippen LogP) is 3.81. The lowest BCUT2D eigenvalue weighted by Crippen LogP contribution is -2.31. The smallest absolute Gasteiger partial charge is 0.232 e. The van der Waals surface area contributed by atoms with Gasteiger partial charge in [0, 0.05) is 6.54 Å². The maximum Gasteiger partial charge on any atom is 0.232 e. The zero-order chi connectivity index (χ0) is 16.8. The predicted molar refractivity (Wildman–Crippen MR) is 88.0 cm³/mol. The maximum absolute atomic E-state index is 12.6. The van der Waals surface area contributed by atoms with E-state index in [1.165, 1.54) is 0 Å². The monoisotopic (exact) mass is 325 g/mol. The van der Waals surface area contributed by atoms with Crippen molar-refractivity contribution in [3.8, 4) is 11.5 Å². The lowest BCUT2D eigenvalue weighted by atomic mass is 9.98. The van der Waals surface area contributed by atoms with E-state index < -0.39 is 0 Å². The van der Waals surface area contributed by atoms with Gasteiger partial charge in [-0.25, -0.2) is 0 Å². The van der Waals surface area contributed by atoms with Crippen LogP contribution in [0.5, 0.6) is 11.5 Å². The molecule has 1 aromatic carbocycles. The molecule has 24 heavy (non-hydrogen) atoms. The Morgan fingerprint density at radius 2 is 2.17 bits per heavy atom. The fraction of sp³-hybridized carbons (Fsp3) is 0.316. The summed E-state index contributed by atoms with van der Waals surface area (Å²) in [5.74, 6) is 2.73. The van der Waals surface area contributed by atoms with Crippen LogP contribution in [0.1, 0.15) is 41.1 Å². The van der Waals surface area contributed by atoms with Crippen molar-refractivity contribution in [3.63, 3.8) is 0 Å². The third-order valence-electron chi connectivity index (χ3n) is 4.38. The molecule has 2 aliphatic heterocycles. The van der Waals surface area contributed by atoms with Crippen LogP contribution in [0.2, 0.25) is 0 Å². The highest BCUT2D eigenvalue weighted by atomic mass is 16.5. The molecule has 0 fully saturated rings. The molecule has 0 atom stereocenters. The van der Waals surface area contributed by atoms with Crippen LogP contribution in [-0.4, -0.2) is 17.4 Å². The number of fused-ring (bicyclic) bond motifs is 3. The third-order valence-corrected chi connectivity index (χ3v) is 4.38. The van der Waals surface area contributed by atoms with Crippen LogP contribution >= 0.6 is 0 Å². The number of furan rings is 1. The summed E-state index contributed by atoms with van der Waals surface area (Å²) in [7, 11) is 0. The highest BCUT2D eigenvalue weighted by molar-refractivity contribution is 6.14. The van der Waals surface area contributed by atoms with Gasteiger partial charge in [0.1, 0.15) is 24.0 Å². The Bertz CT molecular complexity index is 845. The minimum absolute atomic E-state index is 0.0338. The fourth-order valence-electron chi connectivity index (χ4n) is 3.22. The summed E-state index contributed by atoms with van der Waals surface area (Å²) in [6.45, 7) is 7.49. The molecular formula is C19H19NO4. The van der Waals surface area contributed by atoms with E-state index in [9.17, 15) is 4.79 Å². The van der Waals surface area contributed by atoms with Crippen LogP contribution in [0.3, 0.4) is 0 Å². The lowest BCUT2D eigenvalue weighted by Gasteiger charge is -2.29. The summed E-state index contributed by atoms with van der Waals surface area (Å²) in [4.78, 5) is 14.7. The quantitative estimate of drug-likeness (QED) is 0.786. The first-order valence-corrected chi connectivity index (χ1v) is 7.98. The highest BCUT2D eigenvalue weighted by Crippen LogP contribution is 2.44. The average Bonchev–Trinajstić information content (AvgIpc) is 3.16. The molecule has 0 radical (unpaired) electrons. The van der Waals surface area contributed by atoms with E-state index >= 15 is 0 Å². The number of hydrogen-bond donors (Lipinski definition) is 0. The molecule has 124 valence electrons. The molecule has 0 saturated heterocycles. The summed E-state index contributed by atoms with van der Waals surface area (Å²) in [5.41, 5.74) is 3.37. The Hall–Kier alpha value is -2.53. The van der Waals surface area contributed by atoms with Gasteiger partial charge in [-0.3, -0.25) is 9.69 Å². The zero-order valence-corrected chi connectivity index (χ0v) is 14.0. The highest BCUT2D eigenvalue weighted by Gasteiger charge is 2.35. The standard InChI is InChI=1S/C19H19NO4/c1-11(2)18-17(21)16-12(3)7-15-14(19(16)24-18)9-20(10-23-15)8-13-5-4-6-22-13/h4-7H,8-10H2,1-3H3. The van der Waals surface area contributed by atoms with E-state index in [1.807, 2.05) is 39.0 Å². The topological polar surface area (TPSA) is 51.9 Å². The van der Waals surface area contributed by atoms with Gasteiger partial charge in [0.05, 0.1) is 23.9 Å². The van der Waals surface area contributed by atoms with Crippen molar-refractivity contribution in [1.82, 2.24) is 4.90 Å². The summed E-state index contributed by atoms with van der Waals surface area (Å²) in [6.07, 6.45) is 1.66. The molecule has 4 rings (SSSR count). The molecule has 1 aromatic heterocycles. The maximum atomic E-state index is 12.6. The molecular weight excluding hydrogens is 306 g/mol. The van der Waals surface area contributed by atoms with Crippen molar-refractivity contribution < 1.29 is 18.7 Å². The Morgan fingerprint density at radius 3 is 2.88 bits per heavy atom. The van der Waals surface area contributed by atoms with Crippen LogP contribution in [0.15, 0.2) is 40.2 Å². The van der Waals surface area contributed by atoms with Gasteiger partial charge in [-0.2, -0.15) is 0 Å². The van der Waals surface area contributed by atoms with Gasteiger partial charge in [0.25, 0.3) is 0 Å². The van der Waals surface area contributed by atoms with Gasteiger partial charge in [-0.05, 0) is 50.1 Å². The summed E-state index contributed by atoms with van der Waals surface area (Å²) < 4.78 is 17.3. The van der Waals surface area contributed by atoms with Gasteiger partial charge in [0.15, 0.2) is 5.76 Å². The molecule has 0 spiro atoms. The van der Waals surface area contributed by atoms with E-state index in [-0.39, 0.29) is 5.78 Å². The molecule has 5 nitrogen and oxygen atoms in total. The largest absolute Gasteiger partial charge is 0.478 e. The van der Waals surface area contributed by atoms with E-state index in [2.05, 4.69) is 4.90 Å². The molecule has 0 bridgehead atoms. The molecule has 0 aliphatic carbocycles. The van der Waals surface area contributed by atoms with E-state index in [1.54, 1.807) is 6.26 Å². The van der Waals surface area contributed by atoms with E-state index in [0.717, 1.165) is 28.2 Å². The molecule has 2 aliphatic rings. The van der Waals surface area contributed by atoms with Crippen molar-refractivity contribution in [2.45, 2.75) is 33.9 Å². The molecule has 3 heterocycles. The van der Waals surface area contributed by atoms with Crippen LogP contribution in [0.25, 0.3) is 0 Å². The lowest BCUT2D eigenvalue weighted by molar-refractivity contribution is 0.0809. The third kappa shape index (κ3) is 2.32. The van der Waals surface area contributed by atoms with Gasteiger partial charge in [-0.1, -0.05) is 0 Å². The summed E-state index contributed by atoms with van der Waals surface area (Å²) in [5, 5.41) is 0. The first-order valence-electron chi connectivity index (χ1n) is 7.98. The van der Waals surface area contributed by atoms with E-state index in [0.29, 0.717) is 36.9 Å². The number of aryl methyl sites for hydroxylation is 1. The van der Waals surface area contributed by atoms with Gasteiger partial charge in [0.2, 0.25) is 5.78 Å². The van der Waals surface area contributed by atoms with Crippen molar-refractivity contribution in [1.29, 1.82) is 0 Å². The summed E-state index contributed by atoms with van der Waals surface area (Å²) in [6, 6.07) is 5.75. The number of allylic oxidation sites excluding steroid dienone is 2. The van der Waals surface area contributed by atoms with Crippen LogP contribution < -0.4 is 9.47 Å². The number of rotatable bonds is 2. The molecule has 0 unspecified atom stereocenters. The average molecular weight is 325 g/mol. The molecule has 0 saturated carbocycles. The number of carbonyl (C=O) groups is 1. The SMILES string of the molecule is CC(C)=C1Oc2c3c(cc(C)c2C1=O)OCN(Cc1ccco1)C3. The Morgan fingerprint density at radius 1 is 1.33 bits per heavy atom. The van der Waals surface area contributed by atoms with Crippen molar-refractivity contribution in [2.24, 2.45) is 0 Å². The minimum atomic E-state index is -0.0338. The van der Waals surface area contributed by atoms with Gasteiger partial charge >= 0.3 is 0 Å². The van der Waals surface area contributed by atoms with Crippen LogP contribution in [-0.2, 0) is 13.1 Å². The summed E-state index contributed by atoms with van der Waals surface area (Å²) >= 11 is 0. The van der Waals surface area contributed by atoms with Gasteiger partial charge < -0.3 is 13.9 Å². The van der Waals surface area contributed by atoms with Crippen molar-refractivity contribution in [2.75, 3.05) is 6.73 Å². The number of carbonyl (C=O) groups excluding carboxylic acids is 1. The molecule has 0 N–H and O–H groups in total. The number of benzene rings is 1. The molecule has 0 amide bonds. The van der Waals surface area contributed by atoms with Crippen LogP contribution in [0, 0.1) is 6.92 Å². The minimum Gasteiger partial charge on any atom is -0.478 e. The Labute approximate surface area is 140 Å². The number of nitrogens with zero attached hydrogens (tertiary/aromatic N) is 1. The normalized spacial score (nSPS) is 16.5. The van der Waals surface area contributed by atoms with E-state index in [4.69, 9.17) is 13.9 Å². The zero-order valence-electron chi connectivity index (χ0n) is 14.0. The Balaban J connectivity index is 1.72. The van der Waals surface area contributed by atoms with Crippen molar-refractivity contribution >= 4 is 5.78 Å². The number of Topliss-reactive ketones (excluding diaryl/α,β-unsaturated/α-hetero) is 1. The first kappa shape index (κ1) is 15.0. The molecule has 2 aromatic rings. The van der Waals surface area contributed by atoms with Crippen molar-refractivity contribution in [3.05, 3.63) is 58.2 Å². The second-order valence-electron chi connectivity index (χ2n) is 6.47. The second-order valence-corrected chi connectivity index (χ2v) is 6.47. The number of ether oxygens (including phenoxy) is 2.